The highest BCUT2D eigenvalue weighted by molar-refractivity contribution is 6.39. The van der Waals surface area contributed by atoms with Crippen LogP contribution in [0.2, 0.25) is 0 Å². The van der Waals surface area contributed by atoms with E-state index in [2.05, 4.69) is 5.32 Å². The number of benzene rings is 2. The van der Waals surface area contributed by atoms with Gasteiger partial charge in [0.15, 0.2) is 0 Å². The van der Waals surface area contributed by atoms with Crippen LogP contribution in [-0.4, -0.2) is 37.2 Å². The minimum absolute atomic E-state index is 0.171. The molecule has 0 atom stereocenters. The molecule has 4 amide bonds. The molecule has 8 nitrogen and oxygen atoms in total. The van der Waals surface area contributed by atoms with Crippen LogP contribution in [0.5, 0.6) is 17.2 Å². The molecular weight excluding hydrogens is 352 g/mol. The summed E-state index contributed by atoms with van der Waals surface area (Å²) in [5.41, 5.74) is 0.222. The molecule has 1 aliphatic heterocycles. The van der Waals surface area contributed by atoms with Crippen LogP contribution >= 0.6 is 0 Å². The highest BCUT2D eigenvalue weighted by Gasteiger charge is 2.36. The number of barbiturate groups is 1. The summed E-state index contributed by atoms with van der Waals surface area (Å²) in [6.45, 7) is 0. The molecule has 0 aliphatic carbocycles. The van der Waals surface area contributed by atoms with Gasteiger partial charge in [0.2, 0.25) is 0 Å². The molecule has 27 heavy (non-hydrogen) atoms. The summed E-state index contributed by atoms with van der Waals surface area (Å²) in [7, 11) is 2.94. The zero-order chi connectivity index (χ0) is 19.6. The van der Waals surface area contributed by atoms with Crippen LogP contribution in [0.1, 0.15) is 5.56 Å². The van der Waals surface area contributed by atoms with Crippen LogP contribution in [0.4, 0.5) is 10.5 Å². The van der Waals surface area contributed by atoms with Crippen molar-refractivity contribution in [2.45, 2.75) is 0 Å². The molecule has 2 aromatic rings. The second kappa shape index (κ2) is 7.20. The molecule has 2 N–H and O–H groups in total. The number of phenolic OH excluding ortho intramolecular Hbond substituents is 1. The fourth-order valence-electron chi connectivity index (χ4n) is 2.55. The zero-order valence-electron chi connectivity index (χ0n) is 14.6. The molecule has 0 aromatic heterocycles. The number of amides is 4. The average molecular weight is 368 g/mol. The Labute approximate surface area is 154 Å². The highest BCUT2D eigenvalue weighted by Crippen LogP contribution is 2.28. The van der Waals surface area contributed by atoms with Crippen LogP contribution in [0, 0.1) is 0 Å². The van der Waals surface area contributed by atoms with E-state index in [9.17, 15) is 19.5 Å². The lowest BCUT2D eigenvalue weighted by Crippen LogP contribution is -2.54. The maximum Gasteiger partial charge on any atom is 0.335 e. The number of phenols is 1. The van der Waals surface area contributed by atoms with Gasteiger partial charge in [0.05, 0.1) is 19.9 Å². The highest BCUT2D eigenvalue weighted by atomic mass is 16.5. The number of nitrogens with zero attached hydrogens (tertiary/aromatic N) is 1. The average Bonchev–Trinajstić information content (AvgIpc) is 2.66. The largest absolute Gasteiger partial charge is 0.507 e. The molecular formula is C19H16N2O6. The third-order valence-electron chi connectivity index (χ3n) is 3.97. The Morgan fingerprint density at radius 2 is 1.59 bits per heavy atom. The molecule has 0 spiro atoms. The smallest absolute Gasteiger partial charge is 0.335 e. The lowest BCUT2D eigenvalue weighted by atomic mass is 10.1. The molecule has 0 saturated carbocycles. The normalized spacial score (nSPS) is 15.7. The first-order valence-corrected chi connectivity index (χ1v) is 7.87. The van der Waals surface area contributed by atoms with Crippen molar-refractivity contribution in [1.82, 2.24) is 5.32 Å². The lowest BCUT2D eigenvalue weighted by molar-refractivity contribution is -0.122. The van der Waals surface area contributed by atoms with E-state index in [0.717, 1.165) is 4.90 Å². The third-order valence-corrected chi connectivity index (χ3v) is 3.97. The summed E-state index contributed by atoms with van der Waals surface area (Å²) in [5.74, 6) is -0.841. The fraction of sp³-hybridized carbons (Fsp3) is 0.105. The number of urea groups is 1. The zero-order valence-corrected chi connectivity index (χ0v) is 14.6. The molecule has 2 aromatic carbocycles. The molecule has 1 saturated heterocycles. The molecule has 0 unspecified atom stereocenters. The van der Waals surface area contributed by atoms with Gasteiger partial charge >= 0.3 is 6.03 Å². The van der Waals surface area contributed by atoms with Crippen LogP contribution in [0.25, 0.3) is 6.08 Å². The molecule has 1 fully saturated rings. The van der Waals surface area contributed by atoms with Gasteiger partial charge in [0.25, 0.3) is 11.8 Å². The molecule has 0 radical (unpaired) electrons. The quantitative estimate of drug-likeness (QED) is 0.632. The Hall–Kier alpha value is -3.81. The number of carbonyl (C=O) groups is 3. The van der Waals surface area contributed by atoms with E-state index in [1.807, 2.05) is 0 Å². The van der Waals surface area contributed by atoms with E-state index in [0.29, 0.717) is 11.5 Å². The minimum atomic E-state index is -0.855. The summed E-state index contributed by atoms with van der Waals surface area (Å²) >= 11 is 0. The molecule has 3 rings (SSSR count). The van der Waals surface area contributed by atoms with Crippen molar-refractivity contribution in [2.75, 3.05) is 19.1 Å². The number of hydrogen-bond acceptors (Lipinski definition) is 6. The maximum atomic E-state index is 12.8. The second-order valence-electron chi connectivity index (χ2n) is 5.58. The Morgan fingerprint density at radius 1 is 0.963 bits per heavy atom. The van der Waals surface area contributed by atoms with E-state index in [1.165, 1.54) is 44.6 Å². The summed E-state index contributed by atoms with van der Waals surface area (Å²) < 4.78 is 10.1. The van der Waals surface area contributed by atoms with Crippen molar-refractivity contribution < 1.29 is 29.0 Å². The van der Waals surface area contributed by atoms with Gasteiger partial charge in [0, 0.05) is 11.6 Å². The van der Waals surface area contributed by atoms with Crippen LogP contribution in [0.15, 0.2) is 48.0 Å². The van der Waals surface area contributed by atoms with Gasteiger partial charge in [-0.25, -0.2) is 9.69 Å². The Morgan fingerprint density at radius 3 is 2.19 bits per heavy atom. The predicted octanol–water partition coefficient (Wildman–Crippen LogP) is 2.08. The Bertz CT molecular complexity index is 949. The van der Waals surface area contributed by atoms with Crippen molar-refractivity contribution in [3.05, 3.63) is 53.6 Å². The van der Waals surface area contributed by atoms with Gasteiger partial charge < -0.3 is 14.6 Å². The van der Waals surface area contributed by atoms with Crippen LogP contribution in [-0.2, 0) is 9.59 Å². The predicted molar refractivity (Wildman–Crippen MR) is 96.7 cm³/mol. The number of rotatable bonds is 4. The second-order valence-corrected chi connectivity index (χ2v) is 5.58. The van der Waals surface area contributed by atoms with Gasteiger partial charge in [-0.1, -0.05) is 0 Å². The Balaban J connectivity index is 1.99. The first-order valence-electron chi connectivity index (χ1n) is 7.87. The lowest BCUT2D eigenvalue weighted by Gasteiger charge is -2.26. The summed E-state index contributed by atoms with van der Waals surface area (Å²) in [4.78, 5) is 37.9. The SMILES string of the molecule is COc1ccc(N2C(=O)NC(=O)/C(=C\c3ccc(OC)cc3O)C2=O)cc1. The Kier molecular flexibility index (Phi) is 4.80. The van der Waals surface area contributed by atoms with E-state index >= 15 is 0 Å². The molecule has 1 heterocycles. The topological polar surface area (TPSA) is 105 Å². The number of carbonyl (C=O) groups excluding carboxylic acids is 3. The van der Waals surface area contributed by atoms with Gasteiger partial charge in [0.1, 0.15) is 22.8 Å². The summed E-state index contributed by atoms with van der Waals surface area (Å²) in [6, 6.07) is 9.79. The number of ether oxygens (including phenoxy) is 2. The molecule has 1 aliphatic rings. The number of anilines is 1. The van der Waals surface area contributed by atoms with Crippen molar-refractivity contribution in [3.8, 4) is 17.2 Å². The summed E-state index contributed by atoms with van der Waals surface area (Å²) in [5, 5.41) is 12.2. The maximum absolute atomic E-state index is 12.8. The monoisotopic (exact) mass is 368 g/mol. The van der Waals surface area contributed by atoms with Crippen molar-refractivity contribution in [2.24, 2.45) is 0 Å². The van der Waals surface area contributed by atoms with E-state index in [4.69, 9.17) is 9.47 Å². The number of hydrogen-bond donors (Lipinski definition) is 2. The summed E-state index contributed by atoms with van der Waals surface area (Å²) in [6.07, 6.45) is 1.22. The van der Waals surface area contributed by atoms with Crippen LogP contribution in [0.3, 0.4) is 0 Å². The standard InChI is InChI=1S/C19H16N2O6/c1-26-13-7-4-12(5-8-13)21-18(24)15(17(23)20-19(21)25)9-11-3-6-14(27-2)10-16(11)22/h3-10,22H,1-2H3,(H,20,23,25)/b15-9+. The van der Waals surface area contributed by atoms with E-state index < -0.39 is 17.8 Å². The molecule has 8 heteroatoms. The molecule has 138 valence electrons. The fourth-order valence-corrected chi connectivity index (χ4v) is 2.55. The third kappa shape index (κ3) is 3.45. The van der Waals surface area contributed by atoms with E-state index in [-0.39, 0.29) is 22.6 Å². The minimum Gasteiger partial charge on any atom is -0.507 e. The van der Waals surface area contributed by atoms with Gasteiger partial charge in [-0.15, -0.1) is 0 Å². The number of imide groups is 2. The first-order chi connectivity index (χ1) is 12.9. The number of aromatic hydroxyl groups is 1. The first kappa shape index (κ1) is 18.0. The van der Waals surface area contributed by atoms with Crippen LogP contribution < -0.4 is 19.7 Å². The number of methoxy groups -OCH3 is 2. The number of nitrogens with one attached hydrogen (secondary N) is 1. The van der Waals surface area contributed by atoms with Crippen molar-refractivity contribution in [3.63, 3.8) is 0 Å². The van der Waals surface area contributed by atoms with E-state index in [1.54, 1.807) is 18.2 Å². The van der Waals surface area contributed by atoms with Crippen molar-refractivity contribution >= 4 is 29.6 Å². The van der Waals surface area contributed by atoms with Gasteiger partial charge in [-0.05, 0) is 42.5 Å². The van der Waals surface area contributed by atoms with Crippen molar-refractivity contribution in [1.29, 1.82) is 0 Å². The van der Waals surface area contributed by atoms with Gasteiger partial charge in [-0.2, -0.15) is 0 Å². The van der Waals surface area contributed by atoms with Gasteiger partial charge in [-0.3, -0.25) is 14.9 Å². The molecule has 0 bridgehead atoms.